The molecule has 0 fully saturated rings. The summed E-state index contributed by atoms with van der Waals surface area (Å²) in [7, 11) is 0. The van der Waals surface area contributed by atoms with Gasteiger partial charge in [0.05, 0.1) is 0 Å². The lowest BCUT2D eigenvalue weighted by atomic mass is 9.98. The number of alkyl halides is 3. The van der Waals surface area contributed by atoms with Gasteiger partial charge >= 0.3 is 6.18 Å². The summed E-state index contributed by atoms with van der Waals surface area (Å²) >= 11 is 0. The van der Waals surface area contributed by atoms with E-state index < -0.39 is 11.7 Å². The van der Waals surface area contributed by atoms with E-state index in [9.17, 15) is 13.2 Å². The van der Waals surface area contributed by atoms with Crippen molar-refractivity contribution in [1.29, 1.82) is 0 Å². The van der Waals surface area contributed by atoms with Gasteiger partial charge in [-0.3, -0.25) is 4.90 Å². The Morgan fingerprint density at radius 2 is 2.06 bits per heavy atom. The molecule has 0 spiro atoms. The van der Waals surface area contributed by atoms with Crippen molar-refractivity contribution in [2.75, 3.05) is 19.6 Å². The average molecular weight is 236 g/mol. The Balaban J connectivity index is 2.52. The van der Waals surface area contributed by atoms with Gasteiger partial charge in [-0.1, -0.05) is 13.0 Å². The molecule has 16 heavy (non-hydrogen) atoms. The maximum atomic E-state index is 12.4. The smallest absolute Gasteiger partial charge is 0.324 e. The average Bonchev–Trinajstić information content (AvgIpc) is 2.16. The Morgan fingerprint density at radius 3 is 2.44 bits per heavy atom. The first-order chi connectivity index (χ1) is 7.24. The third kappa shape index (κ3) is 3.79. The van der Waals surface area contributed by atoms with Crippen LogP contribution in [0.1, 0.15) is 26.7 Å². The van der Waals surface area contributed by atoms with E-state index in [4.69, 9.17) is 5.73 Å². The fraction of sp³-hybridized carbons (Fsp3) is 0.818. The van der Waals surface area contributed by atoms with E-state index in [1.54, 1.807) is 0 Å². The van der Waals surface area contributed by atoms with Crippen LogP contribution >= 0.6 is 0 Å². The Bertz CT molecular complexity index is 269. The fourth-order valence-corrected chi connectivity index (χ4v) is 1.73. The molecule has 0 amide bonds. The molecule has 2 N–H and O–H groups in total. The van der Waals surface area contributed by atoms with Crippen LogP contribution in [0.2, 0.25) is 0 Å². The Kier molecular flexibility index (Phi) is 4.02. The summed E-state index contributed by atoms with van der Waals surface area (Å²) in [6.45, 7) is 5.35. The van der Waals surface area contributed by atoms with Crippen LogP contribution in [0.3, 0.4) is 0 Å². The van der Waals surface area contributed by atoms with Crippen molar-refractivity contribution in [3.63, 3.8) is 0 Å². The molecule has 0 aromatic carbocycles. The minimum Gasteiger partial charge on any atom is -0.324 e. The summed E-state index contributed by atoms with van der Waals surface area (Å²) in [6.07, 6.45) is -2.00. The fourth-order valence-electron chi connectivity index (χ4n) is 1.73. The molecule has 1 atom stereocenters. The van der Waals surface area contributed by atoms with E-state index in [0.717, 1.165) is 6.42 Å². The maximum Gasteiger partial charge on any atom is 0.412 e. The van der Waals surface area contributed by atoms with Crippen LogP contribution in [0.15, 0.2) is 11.6 Å². The number of halogens is 3. The van der Waals surface area contributed by atoms with Gasteiger partial charge in [0.1, 0.15) is 0 Å². The summed E-state index contributed by atoms with van der Waals surface area (Å²) in [5.41, 5.74) is 5.26. The summed E-state index contributed by atoms with van der Waals surface area (Å²) in [5.74, 6) is 0. The molecule has 0 aromatic heterocycles. The van der Waals surface area contributed by atoms with Crippen molar-refractivity contribution in [3.8, 4) is 0 Å². The van der Waals surface area contributed by atoms with Gasteiger partial charge in [0.15, 0.2) is 0 Å². The van der Waals surface area contributed by atoms with Crippen LogP contribution in [-0.4, -0.2) is 36.2 Å². The highest BCUT2D eigenvalue weighted by Gasteiger charge is 2.35. The minimum atomic E-state index is -4.16. The molecule has 1 heterocycles. The molecular weight excluding hydrogens is 217 g/mol. The molecular formula is C11H19F3N2. The molecule has 1 aliphatic rings. The zero-order chi connectivity index (χ0) is 12.4. The van der Waals surface area contributed by atoms with Gasteiger partial charge in [-0.2, -0.15) is 13.2 Å². The highest BCUT2D eigenvalue weighted by molar-refractivity contribution is 5.13. The van der Waals surface area contributed by atoms with E-state index in [1.165, 1.54) is 6.08 Å². The minimum absolute atomic E-state index is 0.0727. The van der Waals surface area contributed by atoms with Crippen molar-refractivity contribution >= 4 is 0 Å². The quantitative estimate of drug-likeness (QED) is 0.762. The van der Waals surface area contributed by atoms with E-state index in [-0.39, 0.29) is 12.0 Å². The van der Waals surface area contributed by atoms with Gasteiger partial charge < -0.3 is 5.73 Å². The summed E-state index contributed by atoms with van der Waals surface area (Å²) in [5, 5.41) is 0. The number of nitrogens with zero attached hydrogens (tertiary/aromatic N) is 1. The van der Waals surface area contributed by atoms with Crippen LogP contribution in [-0.2, 0) is 0 Å². The third-order valence-corrected chi connectivity index (χ3v) is 3.05. The van der Waals surface area contributed by atoms with Crippen molar-refractivity contribution in [2.24, 2.45) is 5.73 Å². The summed E-state index contributed by atoms with van der Waals surface area (Å²) in [6, 6.07) is 0. The zero-order valence-electron chi connectivity index (χ0n) is 9.77. The van der Waals surface area contributed by atoms with Crippen molar-refractivity contribution in [3.05, 3.63) is 11.6 Å². The second-order valence-electron chi connectivity index (χ2n) is 4.72. The van der Waals surface area contributed by atoms with E-state index >= 15 is 0 Å². The predicted molar refractivity (Wildman–Crippen MR) is 58.1 cm³/mol. The van der Waals surface area contributed by atoms with Gasteiger partial charge in [0, 0.05) is 30.7 Å². The first-order valence-electron chi connectivity index (χ1n) is 5.52. The van der Waals surface area contributed by atoms with E-state index in [0.29, 0.717) is 19.6 Å². The molecule has 5 heteroatoms. The molecule has 1 unspecified atom stereocenters. The lowest BCUT2D eigenvalue weighted by molar-refractivity contribution is -0.0961. The van der Waals surface area contributed by atoms with Crippen LogP contribution in [0, 0.1) is 0 Å². The molecule has 2 nitrogen and oxygen atoms in total. The van der Waals surface area contributed by atoms with Crippen LogP contribution < -0.4 is 5.73 Å². The Morgan fingerprint density at radius 1 is 1.44 bits per heavy atom. The van der Waals surface area contributed by atoms with Crippen molar-refractivity contribution in [1.82, 2.24) is 4.90 Å². The molecule has 0 aliphatic carbocycles. The molecule has 0 saturated heterocycles. The standard InChI is InChI=1S/C11H19F3N2/c1-3-10(2,15)8-16-6-4-9(5-7-16)11(12,13)14/h4H,3,5-8,15H2,1-2H3. The molecule has 0 aromatic rings. The van der Waals surface area contributed by atoms with Gasteiger partial charge in [-0.15, -0.1) is 0 Å². The monoisotopic (exact) mass is 236 g/mol. The first kappa shape index (κ1) is 13.5. The molecule has 94 valence electrons. The third-order valence-electron chi connectivity index (χ3n) is 3.05. The van der Waals surface area contributed by atoms with Crippen LogP contribution in [0.5, 0.6) is 0 Å². The summed E-state index contributed by atoms with van der Waals surface area (Å²) in [4.78, 5) is 1.97. The molecule has 0 radical (unpaired) electrons. The van der Waals surface area contributed by atoms with Gasteiger partial charge in [0.25, 0.3) is 0 Å². The predicted octanol–water partition coefficient (Wildman–Crippen LogP) is 2.31. The largest absolute Gasteiger partial charge is 0.412 e. The SMILES string of the molecule is CCC(C)(N)CN1CC=C(C(F)(F)F)CC1. The van der Waals surface area contributed by atoms with Crippen molar-refractivity contribution < 1.29 is 13.2 Å². The zero-order valence-corrected chi connectivity index (χ0v) is 9.77. The highest BCUT2D eigenvalue weighted by atomic mass is 19.4. The number of rotatable bonds is 3. The van der Waals surface area contributed by atoms with Crippen LogP contribution in [0.25, 0.3) is 0 Å². The molecule has 1 rings (SSSR count). The van der Waals surface area contributed by atoms with Gasteiger partial charge in [-0.05, 0) is 19.8 Å². The van der Waals surface area contributed by atoms with Crippen molar-refractivity contribution in [2.45, 2.75) is 38.4 Å². The molecule has 0 saturated carbocycles. The molecule has 0 bridgehead atoms. The summed E-state index contributed by atoms with van der Waals surface area (Å²) < 4.78 is 37.1. The normalized spacial score (nSPS) is 22.8. The highest BCUT2D eigenvalue weighted by Crippen LogP contribution is 2.30. The lowest BCUT2D eigenvalue weighted by Crippen LogP contribution is -2.48. The number of nitrogens with two attached hydrogens (primary N) is 1. The molecule has 1 aliphatic heterocycles. The first-order valence-corrected chi connectivity index (χ1v) is 5.52. The maximum absolute atomic E-state index is 12.4. The Hall–Kier alpha value is -0.550. The van der Waals surface area contributed by atoms with Crippen LogP contribution in [0.4, 0.5) is 13.2 Å². The van der Waals surface area contributed by atoms with Gasteiger partial charge in [-0.25, -0.2) is 0 Å². The number of hydrogen-bond acceptors (Lipinski definition) is 2. The van der Waals surface area contributed by atoms with E-state index in [1.807, 2.05) is 18.7 Å². The second-order valence-corrected chi connectivity index (χ2v) is 4.72. The topological polar surface area (TPSA) is 29.3 Å². The van der Waals surface area contributed by atoms with E-state index in [2.05, 4.69) is 0 Å². The Labute approximate surface area is 94.3 Å². The lowest BCUT2D eigenvalue weighted by Gasteiger charge is -2.33. The number of hydrogen-bond donors (Lipinski definition) is 1. The second kappa shape index (κ2) is 4.75. The van der Waals surface area contributed by atoms with Gasteiger partial charge in [0.2, 0.25) is 0 Å².